The number of halogens is 3. The van der Waals surface area contributed by atoms with Crippen molar-refractivity contribution in [2.75, 3.05) is 13.7 Å². The first-order chi connectivity index (χ1) is 6.45. The Labute approximate surface area is 79.6 Å². The number of methoxy groups -OCH3 is 1. The van der Waals surface area contributed by atoms with E-state index in [1.807, 2.05) is 0 Å². The standard InChI is InChI=1S/C8H12F3NO2/c1-14-7(13)5-2-3-6(12-4-5)8(9,10)11/h5-6,12H,2-4H2,1H3/t5-,6+/m1/s1. The van der Waals surface area contributed by atoms with Crippen LogP contribution in [-0.4, -0.2) is 31.8 Å². The number of carbonyl (C=O) groups is 1. The molecule has 0 aliphatic carbocycles. The molecule has 1 heterocycles. The summed E-state index contributed by atoms with van der Waals surface area (Å²) in [6.07, 6.45) is -4.06. The van der Waals surface area contributed by atoms with Crippen LogP contribution < -0.4 is 5.32 Å². The fourth-order valence-corrected chi connectivity index (χ4v) is 1.50. The highest BCUT2D eigenvalue weighted by atomic mass is 19.4. The van der Waals surface area contributed by atoms with Gasteiger partial charge in [-0.2, -0.15) is 13.2 Å². The van der Waals surface area contributed by atoms with Gasteiger partial charge in [-0.15, -0.1) is 0 Å². The number of carbonyl (C=O) groups excluding carboxylic acids is 1. The fourth-order valence-electron chi connectivity index (χ4n) is 1.50. The minimum atomic E-state index is -4.22. The Morgan fingerprint density at radius 1 is 1.43 bits per heavy atom. The highest BCUT2D eigenvalue weighted by Gasteiger charge is 2.42. The zero-order valence-electron chi connectivity index (χ0n) is 7.73. The van der Waals surface area contributed by atoms with Gasteiger partial charge < -0.3 is 10.1 Å². The largest absolute Gasteiger partial charge is 0.469 e. The van der Waals surface area contributed by atoms with Crippen LogP contribution in [0.25, 0.3) is 0 Å². The Balaban J connectivity index is 2.43. The molecule has 1 aliphatic rings. The third kappa shape index (κ3) is 2.60. The zero-order valence-corrected chi connectivity index (χ0v) is 7.73. The van der Waals surface area contributed by atoms with E-state index in [9.17, 15) is 18.0 Å². The number of piperidine rings is 1. The Morgan fingerprint density at radius 2 is 2.07 bits per heavy atom. The predicted molar refractivity (Wildman–Crippen MR) is 42.6 cm³/mol. The maximum atomic E-state index is 12.2. The second-order valence-corrected chi connectivity index (χ2v) is 3.30. The molecule has 1 rings (SSSR count). The molecule has 14 heavy (non-hydrogen) atoms. The van der Waals surface area contributed by atoms with Crippen LogP contribution in [0.3, 0.4) is 0 Å². The summed E-state index contributed by atoms with van der Waals surface area (Å²) >= 11 is 0. The van der Waals surface area contributed by atoms with Crippen molar-refractivity contribution >= 4 is 5.97 Å². The SMILES string of the molecule is COC(=O)[C@@H]1CC[C@@H](C(F)(F)F)NC1. The Bertz CT molecular complexity index is 209. The van der Waals surface area contributed by atoms with Gasteiger partial charge in [-0.3, -0.25) is 4.79 Å². The van der Waals surface area contributed by atoms with Crippen LogP contribution in [0.4, 0.5) is 13.2 Å². The summed E-state index contributed by atoms with van der Waals surface area (Å²) in [5.74, 6) is -0.892. The van der Waals surface area contributed by atoms with E-state index in [0.29, 0.717) is 0 Å². The normalized spacial score (nSPS) is 28.6. The molecule has 0 saturated carbocycles. The number of rotatable bonds is 1. The molecule has 6 heteroatoms. The molecule has 0 aromatic rings. The second kappa shape index (κ2) is 4.16. The van der Waals surface area contributed by atoms with E-state index < -0.39 is 24.1 Å². The second-order valence-electron chi connectivity index (χ2n) is 3.30. The maximum Gasteiger partial charge on any atom is 0.403 e. The van der Waals surface area contributed by atoms with Crippen molar-refractivity contribution in [2.24, 2.45) is 5.92 Å². The molecule has 0 bridgehead atoms. The molecule has 1 N–H and O–H groups in total. The summed E-state index contributed by atoms with van der Waals surface area (Å²) in [6, 6.07) is -1.48. The first kappa shape index (κ1) is 11.3. The van der Waals surface area contributed by atoms with Crippen molar-refractivity contribution in [3.63, 3.8) is 0 Å². The van der Waals surface area contributed by atoms with Gasteiger partial charge in [0, 0.05) is 6.54 Å². The minimum absolute atomic E-state index is 0.0385. The van der Waals surface area contributed by atoms with E-state index in [4.69, 9.17) is 0 Å². The molecular weight excluding hydrogens is 199 g/mol. The van der Waals surface area contributed by atoms with E-state index in [-0.39, 0.29) is 19.4 Å². The van der Waals surface area contributed by atoms with Crippen molar-refractivity contribution in [3.05, 3.63) is 0 Å². The van der Waals surface area contributed by atoms with Gasteiger partial charge in [-0.1, -0.05) is 0 Å². The topological polar surface area (TPSA) is 38.3 Å². The fraction of sp³-hybridized carbons (Fsp3) is 0.875. The van der Waals surface area contributed by atoms with Gasteiger partial charge in [0.15, 0.2) is 0 Å². The molecule has 1 aliphatic heterocycles. The van der Waals surface area contributed by atoms with Crippen molar-refractivity contribution in [2.45, 2.75) is 25.1 Å². The summed E-state index contributed by atoms with van der Waals surface area (Å²) in [5.41, 5.74) is 0. The first-order valence-electron chi connectivity index (χ1n) is 4.33. The minimum Gasteiger partial charge on any atom is -0.469 e. The van der Waals surface area contributed by atoms with Gasteiger partial charge in [0.2, 0.25) is 0 Å². The molecule has 1 saturated heterocycles. The third-order valence-corrected chi connectivity index (χ3v) is 2.34. The van der Waals surface area contributed by atoms with Crippen molar-refractivity contribution in [3.8, 4) is 0 Å². The molecular formula is C8H12F3NO2. The smallest absolute Gasteiger partial charge is 0.403 e. The van der Waals surface area contributed by atoms with Crippen LogP contribution in [0.15, 0.2) is 0 Å². The van der Waals surface area contributed by atoms with Crippen LogP contribution in [0.5, 0.6) is 0 Å². The lowest BCUT2D eigenvalue weighted by molar-refractivity contribution is -0.167. The summed E-state index contributed by atoms with van der Waals surface area (Å²) in [7, 11) is 1.23. The molecule has 82 valence electrons. The van der Waals surface area contributed by atoms with Gasteiger partial charge >= 0.3 is 12.1 Å². The quantitative estimate of drug-likeness (QED) is 0.660. The number of hydrogen-bond donors (Lipinski definition) is 1. The Hall–Kier alpha value is -0.780. The Morgan fingerprint density at radius 3 is 2.43 bits per heavy atom. The monoisotopic (exact) mass is 211 g/mol. The highest BCUT2D eigenvalue weighted by Crippen LogP contribution is 2.28. The van der Waals surface area contributed by atoms with Crippen LogP contribution in [0.1, 0.15) is 12.8 Å². The van der Waals surface area contributed by atoms with Crippen LogP contribution in [-0.2, 0) is 9.53 Å². The molecule has 2 atom stereocenters. The highest BCUT2D eigenvalue weighted by molar-refractivity contribution is 5.72. The molecule has 1 fully saturated rings. The van der Waals surface area contributed by atoms with Crippen molar-refractivity contribution in [1.29, 1.82) is 0 Å². The zero-order chi connectivity index (χ0) is 10.8. The van der Waals surface area contributed by atoms with E-state index in [1.54, 1.807) is 0 Å². The van der Waals surface area contributed by atoms with Crippen molar-refractivity contribution in [1.82, 2.24) is 5.32 Å². The lowest BCUT2D eigenvalue weighted by Crippen LogP contribution is -2.49. The first-order valence-corrected chi connectivity index (χ1v) is 4.33. The van der Waals surface area contributed by atoms with E-state index in [2.05, 4.69) is 10.1 Å². The molecule has 0 spiro atoms. The van der Waals surface area contributed by atoms with Crippen LogP contribution in [0.2, 0.25) is 0 Å². The number of hydrogen-bond acceptors (Lipinski definition) is 3. The average molecular weight is 211 g/mol. The number of alkyl halides is 3. The predicted octanol–water partition coefficient (Wildman–Crippen LogP) is 1.09. The van der Waals surface area contributed by atoms with Crippen LogP contribution in [0, 0.1) is 5.92 Å². The molecule has 0 radical (unpaired) electrons. The molecule has 3 nitrogen and oxygen atoms in total. The lowest BCUT2D eigenvalue weighted by atomic mass is 9.94. The Kier molecular flexibility index (Phi) is 3.36. The summed E-state index contributed by atoms with van der Waals surface area (Å²) < 4.78 is 41.0. The number of ether oxygens (including phenoxy) is 1. The van der Waals surface area contributed by atoms with Gasteiger partial charge in [0.1, 0.15) is 6.04 Å². The van der Waals surface area contributed by atoms with Crippen molar-refractivity contribution < 1.29 is 22.7 Å². The summed E-state index contributed by atoms with van der Waals surface area (Å²) in [6.45, 7) is 0.0385. The number of nitrogens with one attached hydrogen (secondary N) is 1. The van der Waals surface area contributed by atoms with E-state index in [0.717, 1.165) is 0 Å². The third-order valence-electron chi connectivity index (χ3n) is 2.34. The summed E-state index contributed by atoms with van der Waals surface area (Å²) in [5, 5.41) is 2.30. The van der Waals surface area contributed by atoms with E-state index in [1.165, 1.54) is 7.11 Å². The van der Waals surface area contributed by atoms with Gasteiger partial charge in [-0.25, -0.2) is 0 Å². The van der Waals surface area contributed by atoms with Gasteiger partial charge in [0.05, 0.1) is 13.0 Å². The maximum absolute atomic E-state index is 12.2. The number of esters is 1. The summed E-state index contributed by atoms with van der Waals surface area (Å²) in [4.78, 5) is 11.0. The van der Waals surface area contributed by atoms with Gasteiger partial charge in [0.25, 0.3) is 0 Å². The molecule has 0 aromatic carbocycles. The van der Waals surface area contributed by atoms with Gasteiger partial charge in [-0.05, 0) is 12.8 Å². The van der Waals surface area contributed by atoms with Crippen LogP contribution >= 0.6 is 0 Å². The molecule has 0 aromatic heterocycles. The lowest BCUT2D eigenvalue weighted by Gasteiger charge is -2.29. The average Bonchev–Trinajstić information content (AvgIpc) is 2.15. The molecule has 0 unspecified atom stereocenters. The van der Waals surface area contributed by atoms with E-state index >= 15 is 0 Å². The molecule has 0 amide bonds.